The van der Waals surface area contributed by atoms with Gasteiger partial charge in [-0.25, -0.2) is 9.97 Å². The fraction of sp³-hybridized carbons (Fsp3) is 0.316. The van der Waals surface area contributed by atoms with Crippen LogP contribution in [0, 0.1) is 6.92 Å². The van der Waals surface area contributed by atoms with Crippen molar-refractivity contribution < 1.29 is 9.53 Å². The lowest BCUT2D eigenvalue weighted by atomic mass is 10.1. The molecule has 1 aliphatic heterocycles. The van der Waals surface area contributed by atoms with E-state index in [2.05, 4.69) is 19.5 Å². The summed E-state index contributed by atoms with van der Waals surface area (Å²) in [6, 6.07) is 9.65. The molecule has 0 unspecified atom stereocenters. The quantitative estimate of drug-likeness (QED) is 0.783. The highest BCUT2D eigenvalue weighted by atomic mass is 16.5. The molecule has 0 fully saturated rings. The van der Waals surface area contributed by atoms with E-state index in [1.807, 2.05) is 54.7 Å². The van der Waals surface area contributed by atoms with Crippen LogP contribution in [0.4, 0.5) is 0 Å². The Hall–Kier alpha value is -3.09. The van der Waals surface area contributed by atoms with Crippen LogP contribution in [-0.4, -0.2) is 43.0 Å². The minimum Gasteiger partial charge on any atom is -0.491 e. The molecule has 0 saturated carbocycles. The van der Waals surface area contributed by atoms with Crippen molar-refractivity contribution in [3.8, 4) is 5.75 Å². The maximum atomic E-state index is 13.1. The Balaban J connectivity index is 1.57. The lowest BCUT2D eigenvalue weighted by Crippen LogP contribution is -2.42. The molecule has 3 heterocycles. The van der Waals surface area contributed by atoms with Gasteiger partial charge in [-0.2, -0.15) is 0 Å². The Morgan fingerprint density at radius 3 is 2.92 bits per heavy atom. The number of hydrogen-bond acceptors (Lipinski definition) is 4. The van der Waals surface area contributed by atoms with Crippen LogP contribution >= 0.6 is 0 Å². The SMILES string of the molecule is Cc1ncc(C(=O)N2Cc3cncn3CC[C@H]2COc2ccccc2)[nH]1. The number of amides is 1. The number of ether oxygens (including phenoxy) is 1. The summed E-state index contributed by atoms with van der Waals surface area (Å²) >= 11 is 0. The predicted octanol–water partition coefficient (Wildman–Crippen LogP) is 2.41. The number of imidazole rings is 2. The van der Waals surface area contributed by atoms with Gasteiger partial charge in [-0.15, -0.1) is 0 Å². The van der Waals surface area contributed by atoms with E-state index in [0.29, 0.717) is 18.8 Å². The number of carbonyl (C=O) groups excluding carboxylic acids is 1. The van der Waals surface area contributed by atoms with Crippen molar-refractivity contribution >= 4 is 5.91 Å². The molecule has 1 aromatic carbocycles. The number of carbonyl (C=O) groups is 1. The molecule has 26 heavy (non-hydrogen) atoms. The summed E-state index contributed by atoms with van der Waals surface area (Å²) in [6.45, 7) is 3.59. The molecule has 0 aliphatic carbocycles. The highest BCUT2D eigenvalue weighted by molar-refractivity contribution is 5.92. The second kappa shape index (κ2) is 7.03. The van der Waals surface area contributed by atoms with Gasteiger partial charge in [0.2, 0.25) is 0 Å². The summed E-state index contributed by atoms with van der Waals surface area (Å²) in [5.74, 6) is 1.47. The number of rotatable bonds is 4. The van der Waals surface area contributed by atoms with E-state index in [1.54, 1.807) is 6.20 Å². The van der Waals surface area contributed by atoms with E-state index < -0.39 is 0 Å². The number of aryl methyl sites for hydroxylation is 2. The molecule has 1 N–H and O–H groups in total. The van der Waals surface area contributed by atoms with Crippen LogP contribution < -0.4 is 4.74 Å². The van der Waals surface area contributed by atoms with Crippen LogP contribution in [0.5, 0.6) is 5.75 Å². The summed E-state index contributed by atoms with van der Waals surface area (Å²) in [5, 5.41) is 0. The number of benzene rings is 1. The summed E-state index contributed by atoms with van der Waals surface area (Å²) in [6.07, 6.45) is 6.03. The Labute approximate surface area is 151 Å². The summed E-state index contributed by atoms with van der Waals surface area (Å²) in [5.41, 5.74) is 1.52. The van der Waals surface area contributed by atoms with Gasteiger partial charge < -0.3 is 19.2 Å². The minimum absolute atomic E-state index is 0.0359. The number of aromatic amines is 1. The van der Waals surface area contributed by atoms with Gasteiger partial charge >= 0.3 is 0 Å². The molecular formula is C19H21N5O2. The summed E-state index contributed by atoms with van der Waals surface area (Å²) in [4.78, 5) is 26.4. The third-order valence-electron chi connectivity index (χ3n) is 4.65. The van der Waals surface area contributed by atoms with Gasteiger partial charge in [-0.1, -0.05) is 18.2 Å². The molecule has 0 bridgehead atoms. The monoisotopic (exact) mass is 351 g/mol. The predicted molar refractivity (Wildman–Crippen MR) is 95.8 cm³/mol. The van der Waals surface area contributed by atoms with Crippen molar-refractivity contribution in [1.82, 2.24) is 24.4 Å². The van der Waals surface area contributed by atoms with E-state index in [4.69, 9.17) is 4.74 Å². The molecule has 3 aromatic rings. The summed E-state index contributed by atoms with van der Waals surface area (Å²) in [7, 11) is 0. The molecule has 4 rings (SSSR count). The zero-order valence-corrected chi connectivity index (χ0v) is 14.6. The van der Waals surface area contributed by atoms with Crippen LogP contribution in [0.3, 0.4) is 0 Å². The molecule has 0 saturated heterocycles. The maximum absolute atomic E-state index is 13.1. The Morgan fingerprint density at radius 2 is 2.15 bits per heavy atom. The van der Waals surface area contributed by atoms with E-state index in [9.17, 15) is 4.79 Å². The fourth-order valence-electron chi connectivity index (χ4n) is 3.23. The van der Waals surface area contributed by atoms with E-state index in [1.165, 1.54) is 0 Å². The highest BCUT2D eigenvalue weighted by Crippen LogP contribution is 2.21. The first-order chi connectivity index (χ1) is 12.7. The molecule has 2 aromatic heterocycles. The molecule has 1 amide bonds. The Kier molecular flexibility index (Phi) is 4.43. The number of para-hydroxylation sites is 1. The van der Waals surface area contributed by atoms with Crippen LogP contribution in [0.1, 0.15) is 28.4 Å². The van der Waals surface area contributed by atoms with Crippen molar-refractivity contribution in [3.05, 3.63) is 66.3 Å². The fourth-order valence-corrected chi connectivity index (χ4v) is 3.23. The maximum Gasteiger partial charge on any atom is 0.272 e. The number of fused-ring (bicyclic) bond motifs is 1. The third kappa shape index (κ3) is 3.33. The lowest BCUT2D eigenvalue weighted by Gasteiger charge is -2.29. The molecule has 7 nitrogen and oxygen atoms in total. The van der Waals surface area contributed by atoms with Crippen molar-refractivity contribution in [2.45, 2.75) is 32.5 Å². The van der Waals surface area contributed by atoms with Crippen LogP contribution in [-0.2, 0) is 13.1 Å². The third-order valence-corrected chi connectivity index (χ3v) is 4.65. The first-order valence-electron chi connectivity index (χ1n) is 8.70. The largest absolute Gasteiger partial charge is 0.491 e. The van der Waals surface area contributed by atoms with Gasteiger partial charge in [0, 0.05) is 12.7 Å². The zero-order valence-electron chi connectivity index (χ0n) is 14.6. The summed E-state index contributed by atoms with van der Waals surface area (Å²) < 4.78 is 8.05. The average molecular weight is 351 g/mol. The second-order valence-corrected chi connectivity index (χ2v) is 6.46. The number of aromatic nitrogens is 4. The Bertz CT molecular complexity index is 886. The first kappa shape index (κ1) is 16.4. The molecule has 7 heteroatoms. The second-order valence-electron chi connectivity index (χ2n) is 6.46. The average Bonchev–Trinajstić information content (AvgIpc) is 3.26. The lowest BCUT2D eigenvalue weighted by molar-refractivity contribution is 0.0583. The number of H-pyrrole nitrogens is 1. The van der Waals surface area contributed by atoms with Gasteiger partial charge in [0.25, 0.3) is 5.91 Å². The Morgan fingerprint density at radius 1 is 1.31 bits per heavy atom. The smallest absolute Gasteiger partial charge is 0.272 e. The van der Waals surface area contributed by atoms with Crippen LogP contribution in [0.2, 0.25) is 0 Å². The topological polar surface area (TPSA) is 76.0 Å². The van der Waals surface area contributed by atoms with Crippen molar-refractivity contribution in [3.63, 3.8) is 0 Å². The normalized spacial score (nSPS) is 16.8. The zero-order chi connectivity index (χ0) is 17.9. The van der Waals surface area contributed by atoms with Gasteiger partial charge in [0.1, 0.15) is 23.9 Å². The van der Waals surface area contributed by atoms with Crippen LogP contribution in [0.15, 0.2) is 49.1 Å². The van der Waals surface area contributed by atoms with E-state index >= 15 is 0 Å². The molecule has 134 valence electrons. The molecule has 0 spiro atoms. The minimum atomic E-state index is -0.0677. The highest BCUT2D eigenvalue weighted by Gasteiger charge is 2.30. The molecule has 0 radical (unpaired) electrons. The first-order valence-corrected chi connectivity index (χ1v) is 8.70. The van der Waals surface area contributed by atoms with Crippen LogP contribution in [0.25, 0.3) is 0 Å². The van der Waals surface area contributed by atoms with Crippen molar-refractivity contribution in [2.75, 3.05) is 6.61 Å². The van der Waals surface area contributed by atoms with Gasteiger partial charge in [0.05, 0.1) is 30.8 Å². The van der Waals surface area contributed by atoms with Gasteiger partial charge in [-0.3, -0.25) is 4.79 Å². The van der Waals surface area contributed by atoms with Crippen molar-refractivity contribution in [2.24, 2.45) is 0 Å². The van der Waals surface area contributed by atoms with E-state index in [-0.39, 0.29) is 11.9 Å². The van der Waals surface area contributed by atoms with Gasteiger partial charge in [-0.05, 0) is 25.5 Å². The number of nitrogens with one attached hydrogen (secondary N) is 1. The number of hydrogen-bond donors (Lipinski definition) is 1. The molecule has 1 aliphatic rings. The standard InChI is InChI=1S/C19H21N5O2/c1-14-21-10-18(22-14)19(25)24-11-16-9-20-13-23(16)8-7-15(24)12-26-17-5-3-2-4-6-17/h2-6,9-10,13,15H,7-8,11-12H2,1H3,(H,21,22)/t15-/m0/s1. The molecule has 1 atom stereocenters. The van der Waals surface area contributed by atoms with Gasteiger partial charge in [0.15, 0.2) is 0 Å². The van der Waals surface area contributed by atoms with Crippen molar-refractivity contribution in [1.29, 1.82) is 0 Å². The molecular weight excluding hydrogens is 330 g/mol. The van der Waals surface area contributed by atoms with E-state index in [0.717, 1.165) is 30.2 Å². The number of nitrogens with zero attached hydrogens (tertiary/aromatic N) is 4.